The SMILES string of the molecule is CC/C=c1/c2c(n(-c3cccc(C4=CC=CC(C)C4)c3)/c1=C/Cn1c3ccccc3c3ccccc31)CCC=C2. The van der Waals surface area contributed by atoms with Crippen LogP contribution in [0, 0.1) is 5.92 Å². The predicted octanol–water partition coefficient (Wildman–Crippen LogP) is 8.20. The van der Waals surface area contributed by atoms with Gasteiger partial charge in [0.15, 0.2) is 0 Å². The van der Waals surface area contributed by atoms with Crippen LogP contribution in [0.25, 0.3) is 51.3 Å². The van der Waals surface area contributed by atoms with Crippen molar-refractivity contribution in [3.8, 4) is 5.69 Å². The van der Waals surface area contributed by atoms with Crippen LogP contribution in [0.1, 0.15) is 49.9 Å². The van der Waals surface area contributed by atoms with Gasteiger partial charge in [-0.1, -0.05) is 98.8 Å². The van der Waals surface area contributed by atoms with E-state index in [9.17, 15) is 0 Å². The minimum absolute atomic E-state index is 0.578. The van der Waals surface area contributed by atoms with Gasteiger partial charge in [0.05, 0.1) is 5.35 Å². The molecular formula is C38H36N2. The molecule has 0 fully saturated rings. The lowest BCUT2D eigenvalue weighted by atomic mass is 9.91. The molecule has 0 bridgehead atoms. The Hall–Kier alpha value is -4.30. The van der Waals surface area contributed by atoms with E-state index in [2.05, 4.69) is 138 Å². The summed E-state index contributed by atoms with van der Waals surface area (Å²) in [6, 6.07) is 26.8. The second-order valence-corrected chi connectivity index (χ2v) is 11.2. The molecule has 0 spiro atoms. The average Bonchev–Trinajstić information content (AvgIpc) is 3.49. The Labute approximate surface area is 236 Å². The average molecular weight is 521 g/mol. The Bertz CT molecular complexity index is 1900. The van der Waals surface area contributed by atoms with Crippen molar-refractivity contribution >= 4 is 45.6 Å². The van der Waals surface area contributed by atoms with Crippen molar-refractivity contribution in [1.82, 2.24) is 9.13 Å². The number of hydrogen-bond acceptors (Lipinski definition) is 0. The van der Waals surface area contributed by atoms with Crippen molar-refractivity contribution < 1.29 is 0 Å². The standard InChI is InChI=1S/C38H36N2/c1-3-12-31-34-19-6-9-22-37(34)40(30-16-11-15-29(26-30)28-14-10-13-27(2)25-28)38(31)23-24-39-35-20-7-4-17-32(35)33-18-5-8-21-36(33)39/h4-8,10-21,23,26-27H,3,9,22,24-25H2,1-2H3/b31-12-,38-23+. The molecule has 1 atom stereocenters. The first-order valence-electron chi connectivity index (χ1n) is 14.8. The lowest BCUT2D eigenvalue weighted by molar-refractivity contribution is 0.748. The van der Waals surface area contributed by atoms with Gasteiger partial charge in [0.2, 0.25) is 0 Å². The largest absolute Gasteiger partial charge is 0.336 e. The molecule has 2 heterocycles. The van der Waals surface area contributed by atoms with E-state index in [1.54, 1.807) is 0 Å². The highest BCUT2D eigenvalue weighted by molar-refractivity contribution is 6.08. The Kier molecular flexibility index (Phi) is 6.40. The fraction of sp³-hybridized carbons (Fsp3) is 0.211. The van der Waals surface area contributed by atoms with Gasteiger partial charge >= 0.3 is 0 Å². The molecule has 1 unspecified atom stereocenters. The Morgan fingerprint density at radius 3 is 2.42 bits per heavy atom. The Morgan fingerprint density at radius 1 is 0.900 bits per heavy atom. The van der Waals surface area contributed by atoms with Crippen molar-refractivity contribution in [3.63, 3.8) is 0 Å². The minimum Gasteiger partial charge on any atom is -0.336 e. The second-order valence-electron chi connectivity index (χ2n) is 11.2. The molecule has 40 heavy (non-hydrogen) atoms. The zero-order chi connectivity index (χ0) is 27.1. The maximum absolute atomic E-state index is 2.56. The lowest BCUT2D eigenvalue weighted by Gasteiger charge is -2.17. The zero-order valence-corrected chi connectivity index (χ0v) is 23.5. The van der Waals surface area contributed by atoms with Gasteiger partial charge in [-0.05, 0) is 73.1 Å². The maximum atomic E-state index is 2.56. The van der Waals surface area contributed by atoms with Crippen LogP contribution >= 0.6 is 0 Å². The summed E-state index contributed by atoms with van der Waals surface area (Å²) in [6.45, 7) is 5.37. The van der Waals surface area contributed by atoms with E-state index in [1.165, 1.54) is 60.5 Å². The van der Waals surface area contributed by atoms with Crippen molar-refractivity contribution in [2.24, 2.45) is 5.92 Å². The number of benzene rings is 3. The molecule has 5 aromatic rings. The maximum Gasteiger partial charge on any atom is 0.0512 e. The van der Waals surface area contributed by atoms with Crippen LogP contribution in [0.3, 0.4) is 0 Å². The molecule has 2 aromatic heterocycles. The van der Waals surface area contributed by atoms with Crippen LogP contribution in [0.15, 0.2) is 97.1 Å². The van der Waals surface area contributed by atoms with Crippen molar-refractivity contribution in [3.05, 3.63) is 124 Å². The molecule has 0 aliphatic heterocycles. The van der Waals surface area contributed by atoms with Gasteiger partial charge in [-0.15, -0.1) is 0 Å². The highest BCUT2D eigenvalue weighted by Crippen LogP contribution is 2.30. The summed E-state index contributed by atoms with van der Waals surface area (Å²) in [5.41, 5.74) is 9.41. The molecule has 198 valence electrons. The Balaban J connectivity index is 1.45. The van der Waals surface area contributed by atoms with E-state index in [4.69, 9.17) is 0 Å². The van der Waals surface area contributed by atoms with Crippen LogP contribution in [0.2, 0.25) is 0 Å². The van der Waals surface area contributed by atoms with E-state index >= 15 is 0 Å². The summed E-state index contributed by atoms with van der Waals surface area (Å²) in [5.74, 6) is 0.578. The van der Waals surface area contributed by atoms with Crippen LogP contribution in [0.5, 0.6) is 0 Å². The summed E-state index contributed by atoms with van der Waals surface area (Å²) in [4.78, 5) is 0. The fourth-order valence-corrected chi connectivity index (χ4v) is 6.73. The molecule has 3 aromatic carbocycles. The van der Waals surface area contributed by atoms with Gasteiger partial charge in [0.25, 0.3) is 0 Å². The fourth-order valence-electron chi connectivity index (χ4n) is 6.73. The van der Waals surface area contributed by atoms with Crippen molar-refractivity contribution in [2.75, 3.05) is 0 Å². The molecule has 7 rings (SSSR count). The van der Waals surface area contributed by atoms with Gasteiger partial charge in [-0.3, -0.25) is 0 Å². The molecule has 0 saturated carbocycles. The molecule has 2 aliphatic rings. The van der Waals surface area contributed by atoms with E-state index in [1.807, 2.05) is 0 Å². The normalized spacial score (nSPS) is 17.6. The molecule has 2 nitrogen and oxygen atoms in total. The van der Waals surface area contributed by atoms with Gasteiger partial charge in [-0.2, -0.15) is 0 Å². The number of nitrogens with zero attached hydrogens (tertiary/aromatic N) is 2. The first-order valence-corrected chi connectivity index (χ1v) is 14.8. The summed E-state index contributed by atoms with van der Waals surface area (Å²) in [6.07, 6.45) is 20.6. The first kappa shape index (κ1) is 24.7. The molecular weight excluding hydrogens is 484 g/mol. The smallest absolute Gasteiger partial charge is 0.0512 e. The van der Waals surface area contributed by atoms with E-state index < -0.39 is 0 Å². The number of allylic oxidation sites excluding steroid dienone is 5. The van der Waals surface area contributed by atoms with Gasteiger partial charge in [0, 0.05) is 50.5 Å². The molecule has 0 saturated heterocycles. The van der Waals surface area contributed by atoms with Crippen molar-refractivity contribution in [2.45, 2.75) is 46.1 Å². The minimum atomic E-state index is 0.578. The molecule has 0 N–H and O–H groups in total. The third-order valence-corrected chi connectivity index (χ3v) is 8.53. The summed E-state index contributed by atoms with van der Waals surface area (Å²) < 4.78 is 5.03. The van der Waals surface area contributed by atoms with E-state index in [-0.39, 0.29) is 0 Å². The van der Waals surface area contributed by atoms with Crippen LogP contribution < -0.4 is 10.6 Å². The number of hydrogen-bond donors (Lipinski definition) is 0. The summed E-state index contributed by atoms with van der Waals surface area (Å²) in [5, 5.41) is 5.32. The van der Waals surface area contributed by atoms with Gasteiger partial charge in [-0.25, -0.2) is 0 Å². The van der Waals surface area contributed by atoms with Gasteiger partial charge in [0.1, 0.15) is 0 Å². The molecule has 2 aliphatic carbocycles. The predicted molar refractivity (Wildman–Crippen MR) is 172 cm³/mol. The van der Waals surface area contributed by atoms with Crippen LogP contribution in [0.4, 0.5) is 0 Å². The summed E-state index contributed by atoms with van der Waals surface area (Å²) >= 11 is 0. The third kappa shape index (κ3) is 4.19. The third-order valence-electron chi connectivity index (χ3n) is 8.53. The van der Waals surface area contributed by atoms with Gasteiger partial charge < -0.3 is 9.13 Å². The number of aromatic nitrogens is 2. The molecule has 2 heteroatoms. The zero-order valence-electron chi connectivity index (χ0n) is 23.5. The number of para-hydroxylation sites is 2. The van der Waals surface area contributed by atoms with E-state index in [0.717, 1.165) is 32.2 Å². The number of fused-ring (bicyclic) bond motifs is 4. The molecule has 0 amide bonds. The second kappa shape index (κ2) is 10.4. The number of rotatable bonds is 5. The first-order chi connectivity index (χ1) is 19.7. The topological polar surface area (TPSA) is 9.86 Å². The monoisotopic (exact) mass is 520 g/mol. The van der Waals surface area contributed by atoms with Crippen LogP contribution in [-0.2, 0) is 13.0 Å². The quantitative estimate of drug-likeness (QED) is 0.221. The lowest BCUT2D eigenvalue weighted by Crippen LogP contribution is -2.30. The van der Waals surface area contributed by atoms with E-state index in [0.29, 0.717) is 5.92 Å². The Morgan fingerprint density at radius 2 is 1.68 bits per heavy atom. The highest BCUT2D eigenvalue weighted by Gasteiger charge is 2.18. The van der Waals surface area contributed by atoms with Crippen molar-refractivity contribution in [1.29, 1.82) is 0 Å². The molecule has 0 radical (unpaired) electrons. The summed E-state index contributed by atoms with van der Waals surface area (Å²) in [7, 11) is 0. The van der Waals surface area contributed by atoms with Crippen LogP contribution in [-0.4, -0.2) is 9.13 Å². The highest BCUT2D eigenvalue weighted by atomic mass is 15.0.